The minimum Gasteiger partial charge on any atom is -0.489 e. The van der Waals surface area contributed by atoms with Crippen molar-refractivity contribution in [2.75, 3.05) is 0 Å². The van der Waals surface area contributed by atoms with Gasteiger partial charge in [0.1, 0.15) is 18.4 Å². The Morgan fingerprint density at radius 2 is 1.56 bits per heavy atom. The van der Waals surface area contributed by atoms with Crippen molar-refractivity contribution in [1.29, 1.82) is 0 Å². The van der Waals surface area contributed by atoms with E-state index >= 15 is 0 Å². The van der Waals surface area contributed by atoms with Gasteiger partial charge in [-0.1, -0.05) is 75.4 Å². The molecule has 5 nitrogen and oxygen atoms in total. The van der Waals surface area contributed by atoms with Crippen LogP contribution in [0.15, 0.2) is 78.9 Å². The summed E-state index contributed by atoms with van der Waals surface area (Å²) in [5, 5.41) is 2.76. The highest BCUT2D eigenvalue weighted by Crippen LogP contribution is 2.22. The molecule has 0 aromatic heterocycles. The monoisotopic (exact) mass is 430 g/mol. The lowest BCUT2D eigenvalue weighted by Gasteiger charge is -2.20. The van der Waals surface area contributed by atoms with Crippen LogP contribution in [0.3, 0.4) is 0 Å². The molecule has 0 fully saturated rings. The van der Waals surface area contributed by atoms with E-state index in [9.17, 15) is 9.59 Å². The van der Waals surface area contributed by atoms with Crippen molar-refractivity contribution in [2.45, 2.75) is 45.3 Å². The number of benzene rings is 3. The summed E-state index contributed by atoms with van der Waals surface area (Å²) in [6.45, 7) is 6.79. The molecule has 3 rings (SSSR count). The maximum Gasteiger partial charge on any atom is 0.251 e. The van der Waals surface area contributed by atoms with Crippen LogP contribution in [0.5, 0.6) is 5.75 Å². The molecule has 3 aromatic rings. The number of hydrogen-bond acceptors (Lipinski definition) is 3. The minimum atomic E-state index is -0.825. The highest BCUT2D eigenvalue weighted by Gasteiger charge is 2.20. The maximum absolute atomic E-state index is 12.7. The summed E-state index contributed by atoms with van der Waals surface area (Å²) in [6.07, 6.45) is 0.281. The van der Waals surface area contributed by atoms with Gasteiger partial charge in [0.05, 0.1) is 0 Å². The zero-order chi connectivity index (χ0) is 23.1. The third kappa shape index (κ3) is 6.45. The smallest absolute Gasteiger partial charge is 0.251 e. The summed E-state index contributed by atoms with van der Waals surface area (Å²) in [6, 6.07) is 23.9. The molecule has 3 N–H and O–H groups in total. The number of primary amides is 1. The van der Waals surface area contributed by atoms with Crippen LogP contribution >= 0.6 is 0 Å². The number of hydrogen-bond donors (Lipinski definition) is 2. The van der Waals surface area contributed by atoms with Crippen molar-refractivity contribution in [3.8, 4) is 5.75 Å². The van der Waals surface area contributed by atoms with Crippen molar-refractivity contribution in [2.24, 2.45) is 5.73 Å². The van der Waals surface area contributed by atoms with E-state index in [1.54, 1.807) is 12.1 Å². The fourth-order valence-electron chi connectivity index (χ4n) is 3.32. The number of rotatable bonds is 8. The van der Waals surface area contributed by atoms with Crippen LogP contribution in [0.4, 0.5) is 0 Å². The lowest BCUT2D eigenvalue weighted by molar-refractivity contribution is -0.119. The first-order chi connectivity index (χ1) is 15.2. The molecule has 2 amide bonds. The van der Waals surface area contributed by atoms with E-state index in [1.807, 2.05) is 66.7 Å². The number of ether oxygens (including phenoxy) is 1. The van der Waals surface area contributed by atoms with Crippen LogP contribution in [0.1, 0.15) is 47.8 Å². The fraction of sp³-hybridized carbons (Fsp3) is 0.259. The van der Waals surface area contributed by atoms with Gasteiger partial charge in [0, 0.05) is 12.0 Å². The van der Waals surface area contributed by atoms with Gasteiger partial charge in [-0.25, -0.2) is 0 Å². The summed E-state index contributed by atoms with van der Waals surface area (Å²) in [5.41, 5.74) is 9.12. The van der Waals surface area contributed by atoms with E-state index in [-0.39, 0.29) is 17.7 Å². The van der Waals surface area contributed by atoms with Gasteiger partial charge in [0.15, 0.2) is 0 Å². The standard InChI is InChI=1S/C27H30N2O3/c1-27(2,3)22-14-12-21(13-15-22)26(31)29-24(25(28)30)17-20-10-7-11-23(16-20)32-18-19-8-5-4-6-9-19/h4-16,24H,17-18H2,1-3H3,(H2,28,30)(H,29,31)/t24-/m1/s1. The van der Waals surface area contributed by atoms with E-state index in [1.165, 1.54) is 0 Å². The maximum atomic E-state index is 12.7. The molecular weight excluding hydrogens is 400 g/mol. The van der Waals surface area contributed by atoms with E-state index in [0.29, 0.717) is 17.9 Å². The van der Waals surface area contributed by atoms with Gasteiger partial charge in [-0.3, -0.25) is 9.59 Å². The Labute approximate surface area is 189 Å². The Morgan fingerprint density at radius 3 is 2.19 bits per heavy atom. The van der Waals surface area contributed by atoms with E-state index in [2.05, 4.69) is 26.1 Å². The number of carbonyl (C=O) groups is 2. The van der Waals surface area contributed by atoms with Crippen molar-refractivity contribution in [1.82, 2.24) is 5.32 Å². The van der Waals surface area contributed by atoms with E-state index in [4.69, 9.17) is 10.5 Å². The zero-order valence-corrected chi connectivity index (χ0v) is 18.8. The van der Waals surface area contributed by atoms with Gasteiger partial charge in [-0.15, -0.1) is 0 Å². The molecule has 32 heavy (non-hydrogen) atoms. The Balaban J connectivity index is 1.65. The second-order valence-electron chi connectivity index (χ2n) is 8.88. The Morgan fingerprint density at radius 1 is 0.906 bits per heavy atom. The van der Waals surface area contributed by atoms with Crippen LogP contribution in [0.25, 0.3) is 0 Å². The van der Waals surface area contributed by atoms with Crippen molar-refractivity contribution >= 4 is 11.8 Å². The first kappa shape index (κ1) is 23.1. The summed E-state index contributed by atoms with van der Waals surface area (Å²) in [7, 11) is 0. The van der Waals surface area contributed by atoms with Crippen LogP contribution in [-0.4, -0.2) is 17.9 Å². The molecule has 5 heteroatoms. The SMILES string of the molecule is CC(C)(C)c1ccc(C(=O)N[C@H](Cc2cccc(OCc3ccccc3)c2)C(N)=O)cc1. The average molecular weight is 431 g/mol. The molecule has 166 valence electrons. The third-order valence-electron chi connectivity index (χ3n) is 5.25. The summed E-state index contributed by atoms with van der Waals surface area (Å²) in [5.74, 6) is -0.218. The van der Waals surface area contributed by atoms with Crippen molar-refractivity contribution < 1.29 is 14.3 Å². The van der Waals surface area contributed by atoms with Crippen molar-refractivity contribution in [3.63, 3.8) is 0 Å². The molecule has 0 aliphatic rings. The number of nitrogens with two attached hydrogens (primary N) is 1. The molecule has 0 unspecified atom stereocenters. The molecule has 0 aliphatic heterocycles. The molecule has 0 radical (unpaired) electrons. The Bertz CT molecular complexity index is 1050. The fourth-order valence-corrected chi connectivity index (χ4v) is 3.32. The minimum absolute atomic E-state index is 0.00162. The molecule has 0 saturated carbocycles. The molecular formula is C27H30N2O3. The topological polar surface area (TPSA) is 81.4 Å². The molecule has 0 aliphatic carbocycles. The zero-order valence-electron chi connectivity index (χ0n) is 18.8. The molecule has 0 spiro atoms. The third-order valence-corrected chi connectivity index (χ3v) is 5.25. The van der Waals surface area contributed by atoms with Gasteiger partial charge in [0.2, 0.25) is 5.91 Å². The summed E-state index contributed by atoms with van der Waals surface area (Å²) >= 11 is 0. The normalized spacial score (nSPS) is 12.1. The largest absolute Gasteiger partial charge is 0.489 e. The number of amides is 2. The van der Waals surface area contributed by atoms with E-state index in [0.717, 1.165) is 16.7 Å². The predicted octanol–water partition coefficient (Wildman–Crippen LogP) is 4.39. The van der Waals surface area contributed by atoms with Gasteiger partial charge in [-0.05, 0) is 46.4 Å². The molecule has 0 bridgehead atoms. The molecule has 0 saturated heterocycles. The van der Waals surface area contributed by atoms with Gasteiger partial charge >= 0.3 is 0 Å². The highest BCUT2D eigenvalue weighted by molar-refractivity contribution is 5.97. The van der Waals surface area contributed by atoms with E-state index < -0.39 is 11.9 Å². The first-order valence-electron chi connectivity index (χ1n) is 10.7. The van der Waals surface area contributed by atoms with Gasteiger partial charge in [0.25, 0.3) is 5.91 Å². The Kier molecular flexibility index (Phi) is 7.31. The summed E-state index contributed by atoms with van der Waals surface area (Å²) < 4.78 is 5.86. The molecule has 1 atom stereocenters. The first-order valence-corrected chi connectivity index (χ1v) is 10.7. The lowest BCUT2D eigenvalue weighted by Crippen LogP contribution is -2.45. The average Bonchev–Trinajstić information content (AvgIpc) is 2.77. The van der Waals surface area contributed by atoms with Gasteiger partial charge in [-0.2, -0.15) is 0 Å². The molecule has 0 heterocycles. The van der Waals surface area contributed by atoms with Crippen LogP contribution < -0.4 is 15.8 Å². The van der Waals surface area contributed by atoms with Crippen LogP contribution in [-0.2, 0) is 23.2 Å². The van der Waals surface area contributed by atoms with Crippen LogP contribution in [0, 0.1) is 0 Å². The lowest BCUT2D eigenvalue weighted by atomic mass is 9.86. The van der Waals surface area contributed by atoms with Crippen LogP contribution in [0.2, 0.25) is 0 Å². The molecule has 3 aromatic carbocycles. The quantitative estimate of drug-likeness (QED) is 0.556. The highest BCUT2D eigenvalue weighted by atomic mass is 16.5. The number of nitrogens with one attached hydrogen (secondary N) is 1. The second-order valence-corrected chi connectivity index (χ2v) is 8.88. The predicted molar refractivity (Wildman–Crippen MR) is 127 cm³/mol. The second kappa shape index (κ2) is 10.1. The summed E-state index contributed by atoms with van der Waals surface area (Å²) in [4.78, 5) is 24.7. The number of carbonyl (C=O) groups excluding carboxylic acids is 2. The van der Waals surface area contributed by atoms with Gasteiger partial charge < -0.3 is 15.8 Å². The van der Waals surface area contributed by atoms with Crippen molar-refractivity contribution in [3.05, 3.63) is 101 Å². The Hall–Kier alpha value is -3.60.